The van der Waals surface area contributed by atoms with E-state index in [1.807, 2.05) is 32.0 Å². The molecule has 0 amide bonds. The molecular weight excluding hydrogens is 308 g/mol. The molecule has 2 aromatic carbocycles. The second-order valence-corrected chi connectivity index (χ2v) is 5.18. The van der Waals surface area contributed by atoms with Gasteiger partial charge in [-0.15, -0.1) is 0 Å². The van der Waals surface area contributed by atoms with Crippen LogP contribution >= 0.6 is 15.9 Å². The number of carboxylic acids is 1. The Morgan fingerprint density at radius 3 is 2.37 bits per heavy atom. The van der Waals surface area contributed by atoms with Crippen LogP contribution in [0, 0.1) is 13.8 Å². The molecule has 0 bridgehead atoms. The van der Waals surface area contributed by atoms with Crippen LogP contribution in [0.5, 0.6) is 11.5 Å². The van der Waals surface area contributed by atoms with E-state index in [2.05, 4.69) is 15.9 Å². The number of hydrogen-bond donors (Lipinski definition) is 1. The minimum Gasteiger partial charge on any atom is -0.478 e. The van der Waals surface area contributed by atoms with Gasteiger partial charge in [-0.2, -0.15) is 0 Å². The summed E-state index contributed by atoms with van der Waals surface area (Å²) < 4.78 is 6.41. The van der Waals surface area contributed by atoms with Crippen LogP contribution in [0.3, 0.4) is 0 Å². The monoisotopic (exact) mass is 320 g/mol. The van der Waals surface area contributed by atoms with Crippen molar-refractivity contribution in [2.24, 2.45) is 0 Å². The highest BCUT2D eigenvalue weighted by Gasteiger charge is 2.09. The second kappa shape index (κ2) is 5.45. The molecule has 0 saturated heterocycles. The van der Waals surface area contributed by atoms with Gasteiger partial charge >= 0.3 is 5.97 Å². The zero-order valence-electron chi connectivity index (χ0n) is 10.6. The van der Waals surface area contributed by atoms with Gasteiger partial charge in [0, 0.05) is 0 Å². The average Bonchev–Trinajstić information content (AvgIpc) is 2.34. The maximum absolute atomic E-state index is 10.9. The minimum absolute atomic E-state index is 0.222. The SMILES string of the molecule is Cc1ccc(Oc2ccc(C(=O)O)cc2Br)c(C)c1. The summed E-state index contributed by atoms with van der Waals surface area (Å²) in [6, 6.07) is 10.6. The van der Waals surface area contributed by atoms with Crippen LogP contribution in [0.2, 0.25) is 0 Å². The quantitative estimate of drug-likeness (QED) is 0.902. The number of ether oxygens (including phenoxy) is 1. The Kier molecular flexibility index (Phi) is 3.90. The lowest BCUT2D eigenvalue weighted by Crippen LogP contribution is -1.96. The van der Waals surface area contributed by atoms with Gasteiger partial charge in [-0.3, -0.25) is 0 Å². The number of rotatable bonds is 3. The summed E-state index contributed by atoms with van der Waals surface area (Å²) in [5, 5.41) is 8.90. The lowest BCUT2D eigenvalue weighted by molar-refractivity contribution is 0.0697. The number of carboxylic acid groups (broad SMARTS) is 1. The van der Waals surface area contributed by atoms with Gasteiger partial charge in [0.15, 0.2) is 0 Å². The smallest absolute Gasteiger partial charge is 0.335 e. The molecule has 98 valence electrons. The average molecular weight is 321 g/mol. The van der Waals surface area contributed by atoms with E-state index in [0.717, 1.165) is 11.3 Å². The van der Waals surface area contributed by atoms with Crippen molar-refractivity contribution >= 4 is 21.9 Å². The van der Waals surface area contributed by atoms with Crippen LogP contribution in [-0.4, -0.2) is 11.1 Å². The number of halogens is 1. The van der Waals surface area contributed by atoms with Crippen molar-refractivity contribution in [2.45, 2.75) is 13.8 Å². The van der Waals surface area contributed by atoms with E-state index in [1.54, 1.807) is 6.07 Å². The first-order valence-electron chi connectivity index (χ1n) is 5.75. The fourth-order valence-electron chi connectivity index (χ4n) is 1.75. The fourth-order valence-corrected chi connectivity index (χ4v) is 2.21. The highest BCUT2D eigenvalue weighted by Crippen LogP contribution is 2.32. The predicted molar refractivity (Wildman–Crippen MR) is 77.1 cm³/mol. The van der Waals surface area contributed by atoms with Crippen LogP contribution < -0.4 is 4.74 Å². The Labute approximate surface area is 120 Å². The molecule has 19 heavy (non-hydrogen) atoms. The summed E-state index contributed by atoms with van der Waals surface area (Å²) in [6.07, 6.45) is 0. The lowest BCUT2D eigenvalue weighted by atomic mass is 10.1. The zero-order valence-corrected chi connectivity index (χ0v) is 12.2. The van der Waals surface area contributed by atoms with Gasteiger partial charge in [-0.05, 0) is 59.6 Å². The first kappa shape index (κ1) is 13.6. The minimum atomic E-state index is -0.959. The summed E-state index contributed by atoms with van der Waals surface area (Å²) in [7, 11) is 0. The molecule has 1 N–H and O–H groups in total. The number of aryl methyl sites for hydroxylation is 2. The van der Waals surface area contributed by atoms with E-state index in [1.165, 1.54) is 17.7 Å². The van der Waals surface area contributed by atoms with Crippen molar-refractivity contribution in [3.63, 3.8) is 0 Å². The Morgan fingerprint density at radius 1 is 1.11 bits per heavy atom. The number of aromatic carboxylic acids is 1. The normalized spacial score (nSPS) is 10.3. The molecule has 2 aromatic rings. The van der Waals surface area contributed by atoms with E-state index in [0.29, 0.717) is 10.2 Å². The van der Waals surface area contributed by atoms with Crippen LogP contribution in [0.4, 0.5) is 0 Å². The van der Waals surface area contributed by atoms with Crippen LogP contribution in [0.25, 0.3) is 0 Å². The molecule has 0 aliphatic rings. The third kappa shape index (κ3) is 3.15. The predicted octanol–water partition coefficient (Wildman–Crippen LogP) is 4.56. The number of hydrogen-bond acceptors (Lipinski definition) is 2. The topological polar surface area (TPSA) is 46.5 Å². The molecule has 4 heteroatoms. The molecule has 0 radical (unpaired) electrons. The third-order valence-corrected chi connectivity index (χ3v) is 3.35. The Morgan fingerprint density at radius 2 is 1.79 bits per heavy atom. The number of carbonyl (C=O) groups is 1. The third-order valence-electron chi connectivity index (χ3n) is 2.73. The van der Waals surface area contributed by atoms with E-state index in [9.17, 15) is 4.79 Å². The lowest BCUT2D eigenvalue weighted by Gasteiger charge is -2.11. The fraction of sp³-hybridized carbons (Fsp3) is 0.133. The van der Waals surface area contributed by atoms with Gasteiger partial charge < -0.3 is 9.84 Å². The molecular formula is C15H13BrO3. The summed E-state index contributed by atoms with van der Waals surface area (Å²) in [4.78, 5) is 10.9. The molecule has 0 atom stereocenters. The van der Waals surface area contributed by atoms with Crippen molar-refractivity contribution < 1.29 is 14.6 Å². The van der Waals surface area contributed by atoms with Crippen molar-refractivity contribution in [3.05, 3.63) is 57.6 Å². The molecule has 0 aromatic heterocycles. The van der Waals surface area contributed by atoms with Gasteiger partial charge in [0.25, 0.3) is 0 Å². The molecule has 2 rings (SSSR count). The second-order valence-electron chi connectivity index (χ2n) is 4.32. The first-order valence-corrected chi connectivity index (χ1v) is 6.54. The van der Waals surface area contributed by atoms with Gasteiger partial charge in [0.1, 0.15) is 11.5 Å². The Balaban J connectivity index is 2.31. The highest BCUT2D eigenvalue weighted by atomic mass is 79.9. The van der Waals surface area contributed by atoms with Crippen molar-refractivity contribution in [2.75, 3.05) is 0 Å². The summed E-state index contributed by atoms with van der Waals surface area (Å²) >= 11 is 3.32. The van der Waals surface area contributed by atoms with Gasteiger partial charge in [-0.25, -0.2) is 4.79 Å². The van der Waals surface area contributed by atoms with Crippen molar-refractivity contribution in [1.82, 2.24) is 0 Å². The van der Waals surface area contributed by atoms with Gasteiger partial charge in [-0.1, -0.05) is 17.7 Å². The van der Waals surface area contributed by atoms with E-state index < -0.39 is 5.97 Å². The largest absolute Gasteiger partial charge is 0.478 e. The Bertz CT molecular complexity index is 635. The van der Waals surface area contributed by atoms with Crippen LogP contribution in [-0.2, 0) is 0 Å². The molecule has 0 aliphatic carbocycles. The maximum atomic E-state index is 10.9. The van der Waals surface area contributed by atoms with Crippen LogP contribution in [0.15, 0.2) is 40.9 Å². The molecule has 0 heterocycles. The zero-order chi connectivity index (χ0) is 14.0. The van der Waals surface area contributed by atoms with Crippen LogP contribution in [0.1, 0.15) is 21.5 Å². The molecule has 0 spiro atoms. The summed E-state index contributed by atoms with van der Waals surface area (Å²) in [5.74, 6) is 0.394. The number of benzene rings is 2. The van der Waals surface area contributed by atoms with E-state index in [4.69, 9.17) is 9.84 Å². The molecule has 0 fully saturated rings. The van der Waals surface area contributed by atoms with Gasteiger partial charge in [0.2, 0.25) is 0 Å². The first-order chi connectivity index (χ1) is 8.97. The standard InChI is InChI=1S/C15H13BrO3/c1-9-3-5-13(10(2)7-9)19-14-6-4-11(15(17)18)8-12(14)16/h3-8H,1-2H3,(H,17,18). The van der Waals surface area contributed by atoms with Crippen molar-refractivity contribution in [3.8, 4) is 11.5 Å². The maximum Gasteiger partial charge on any atom is 0.335 e. The van der Waals surface area contributed by atoms with Gasteiger partial charge in [0.05, 0.1) is 10.0 Å². The van der Waals surface area contributed by atoms with Crippen molar-refractivity contribution in [1.29, 1.82) is 0 Å². The highest BCUT2D eigenvalue weighted by molar-refractivity contribution is 9.10. The summed E-state index contributed by atoms with van der Waals surface area (Å²) in [6.45, 7) is 4.00. The summed E-state index contributed by atoms with van der Waals surface area (Å²) in [5.41, 5.74) is 2.43. The van der Waals surface area contributed by atoms with E-state index in [-0.39, 0.29) is 5.56 Å². The van der Waals surface area contributed by atoms with E-state index >= 15 is 0 Å². The molecule has 0 aliphatic heterocycles. The Hall–Kier alpha value is -1.81. The molecule has 0 unspecified atom stereocenters. The molecule has 3 nitrogen and oxygen atoms in total. The molecule has 0 saturated carbocycles.